The molecule has 26 heavy (non-hydrogen) atoms. The van der Waals surface area contributed by atoms with Crippen LogP contribution in [0.25, 0.3) is 0 Å². The molecule has 0 aromatic carbocycles. The summed E-state index contributed by atoms with van der Waals surface area (Å²) in [5.74, 6) is 0.00219. The minimum absolute atomic E-state index is 0.284. The molecule has 0 N–H and O–H groups in total. The highest BCUT2D eigenvalue weighted by molar-refractivity contribution is 5.82. The Morgan fingerprint density at radius 3 is 2.38 bits per heavy atom. The Balaban J connectivity index is 2.12. The van der Waals surface area contributed by atoms with E-state index in [0.717, 1.165) is 25.7 Å². The van der Waals surface area contributed by atoms with Gasteiger partial charge in [0.2, 0.25) is 0 Å². The maximum Gasteiger partial charge on any atom is 0.410 e. The van der Waals surface area contributed by atoms with Crippen LogP contribution < -0.4 is 0 Å². The summed E-state index contributed by atoms with van der Waals surface area (Å²) in [7, 11) is 0. The molecule has 0 bridgehead atoms. The average Bonchev–Trinajstić information content (AvgIpc) is 3.11. The van der Waals surface area contributed by atoms with Gasteiger partial charge < -0.3 is 9.47 Å². The molecule has 150 valence electrons. The van der Waals surface area contributed by atoms with Crippen molar-refractivity contribution in [2.75, 3.05) is 19.8 Å². The largest absolute Gasteiger partial charge is 0.464 e. The molecule has 1 rings (SSSR count). The zero-order valence-corrected chi connectivity index (χ0v) is 16.7. The van der Waals surface area contributed by atoms with E-state index in [0.29, 0.717) is 26.2 Å². The molecule has 1 saturated heterocycles. The lowest BCUT2D eigenvalue weighted by Gasteiger charge is -2.23. The number of nitrogens with zero attached hydrogens (tertiary/aromatic N) is 1. The quantitative estimate of drug-likeness (QED) is 0.258. The molecule has 1 heterocycles. The van der Waals surface area contributed by atoms with Crippen molar-refractivity contribution in [1.82, 2.24) is 4.90 Å². The van der Waals surface area contributed by atoms with Gasteiger partial charge in [0, 0.05) is 6.54 Å². The van der Waals surface area contributed by atoms with Gasteiger partial charge in [0.15, 0.2) is 0 Å². The van der Waals surface area contributed by atoms with Gasteiger partial charge in [0.05, 0.1) is 13.2 Å². The van der Waals surface area contributed by atoms with Crippen LogP contribution in [0.1, 0.15) is 78.1 Å². The number of allylic oxidation sites excluding steroid dienone is 1. The van der Waals surface area contributed by atoms with Crippen molar-refractivity contribution in [2.24, 2.45) is 5.92 Å². The van der Waals surface area contributed by atoms with Crippen molar-refractivity contribution in [1.29, 1.82) is 0 Å². The highest BCUT2D eigenvalue weighted by atomic mass is 16.6. The fraction of sp³-hybridized carbons (Fsp3) is 0.810. The molecule has 5 heteroatoms. The second-order valence-corrected chi connectivity index (χ2v) is 7.54. The molecule has 1 aliphatic rings. The molecule has 1 amide bonds. The van der Waals surface area contributed by atoms with Crippen molar-refractivity contribution < 1.29 is 19.1 Å². The Morgan fingerprint density at radius 2 is 1.73 bits per heavy atom. The number of carbonyl (C=O) groups excluding carboxylic acids is 2. The first kappa shape index (κ1) is 22.5. The molecule has 0 aliphatic carbocycles. The Hall–Kier alpha value is -1.52. The number of amides is 1. The van der Waals surface area contributed by atoms with E-state index in [1.807, 2.05) is 19.9 Å². The van der Waals surface area contributed by atoms with Gasteiger partial charge in [-0.05, 0) is 38.0 Å². The third-order valence-electron chi connectivity index (χ3n) is 4.60. The van der Waals surface area contributed by atoms with Crippen LogP contribution in [0, 0.1) is 5.92 Å². The van der Waals surface area contributed by atoms with Gasteiger partial charge in [-0.3, -0.25) is 4.90 Å². The maximum absolute atomic E-state index is 12.3. The first-order chi connectivity index (χ1) is 12.6. The number of rotatable bonds is 13. The van der Waals surface area contributed by atoms with Crippen LogP contribution in [0.2, 0.25) is 0 Å². The van der Waals surface area contributed by atoms with Crippen molar-refractivity contribution in [3.63, 3.8) is 0 Å². The standard InChI is InChI=1S/C21H37NO4/c1-4-5-6-7-8-9-10-11-12-16-25-20(23)19-14-13-15-22(19)21(24)26-17-18(2)3/h4,18-19H,1,5-17H2,2-3H3. The van der Waals surface area contributed by atoms with Crippen LogP contribution in [0.4, 0.5) is 4.79 Å². The normalized spacial score (nSPS) is 16.7. The number of hydrogen-bond donors (Lipinski definition) is 0. The van der Waals surface area contributed by atoms with Gasteiger partial charge in [-0.1, -0.05) is 52.0 Å². The van der Waals surface area contributed by atoms with Gasteiger partial charge in [-0.25, -0.2) is 9.59 Å². The number of carbonyl (C=O) groups is 2. The fourth-order valence-electron chi connectivity index (χ4n) is 3.09. The van der Waals surface area contributed by atoms with Crippen molar-refractivity contribution in [2.45, 2.75) is 84.1 Å². The van der Waals surface area contributed by atoms with Crippen LogP contribution in [-0.2, 0) is 14.3 Å². The van der Waals surface area contributed by atoms with Gasteiger partial charge in [0.25, 0.3) is 0 Å². The zero-order valence-electron chi connectivity index (χ0n) is 16.7. The van der Waals surface area contributed by atoms with Crippen molar-refractivity contribution in [3.05, 3.63) is 12.7 Å². The monoisotopic (exact) mass is 367 g/mol. The summed E-state index contributed by atoms with van der Waals surface area (Å²) in [5.41, 5.74) is 0. The van der Waals surface area contributed by atoms with Crippen molar-refractivity contribution in [3.8, 4) is 0 Å². The molecule has 0 aromatic rings. The molecule has 0 spiro atoms. The van der Waals surface area contributed by atoms with Gasteiger partial charge >= 0.3 is 12.1 Å². The third-order valence-corrected chi connectivity index (χ3v) is 4.60. The van der Waals surface area contributed by atoms with E-state index in [2.05, 4.69) is 6.58 Å². The molecule has 5 nitrogen and oxygen atoms in total. The van der Waals surface area contributed by atoms with E-state index in [4.69, 9.17) is 9.47 Å². The summed E-state index contributed by atoms with van der Waals surface area (Å²) < 4.78 is 10.6. The molecule has 1 fully saturated rings. The summed E-state index contributed by atoms with van der Waals surface area (Å²) in [6.07, 6.45) is 12.3. The van der Waals surface area contributed by atoms with E-state index < -0.39 is 12.1 Å². The zero-order chi connectivity index (χ0) is 19.2. The van der Waals surface area contributed by atoms with Gasteiger partial charge in [0.1, 0.15) is 6.04 Å². The van der Waals surface area contributed by atoms with E-state index in [-0.39, 0.29) is 11.9 Å². The molecular weight excluding hydrogens is 330 g/mol. The maximum atomic E-state index is 12.3. The van der Waals surface area contributed by atoms with Crippen LogP contribution in [-0.4, -0.2) is 42.8 Å². The molecule has 0 saturated carbocycles. The van der Waals surface area contributed by atoms with Crippen LogP contribution >= 0.6 is 0 Å². The van der Waals surface area contributed by atoms with Crippen LogP contribution in [0.5, 0.6) is 0 Å². The van der Waals surface area contributed by atoms with E-state index >= 15 is 0 Å². The lowest BCUT2D eigenvalue weighted by atomic mass is 10.1. The predicted molar refractivity (Wildman–Crippen MR) is 104 cm³/mol. The van der Waals surface area contributed by atoms with E-state index in [1.54, 1.807) is 0 Å². The highest BCUT2D eigenvalue weighted by Crippen LogP contribution is 2.20. The van der Waals surface area contributed by atoms with Crippen LogP contribution in [0.15, 0.2) is 12.7 Å². The van der Waals surface area contributed by atoms with E-state index in [9.17, 15) is 9.59 Å². The minimum Gasteiger partial charge on any atom is -0.464 e. The third kappa shape index (κ3) is 9.25. The SMILES string of the molecule is C=CCCCCCCCCCOC(=O)C1CCCN1C(=O)OCC(C)C. The first-order valence-electron chi connectivity index (χ1n) is 10.3. The molecule has 0 radical (unpaired) electrons. The minimum atomic E-state index is -0.473. The Morgan fingerprint density at radius 1 is 1.08 bits per heavy atom. The Kier molecular flexibility index (Phi) is 11.8. The Labute approximate surface area is 159 Å². The second-order valence-electron chi connectivity index (χ2n) is 7.54. The average molecular weight is 368 g/mol. The number of esters is 1. The Bertz CT molecular complexity index is 422. The summed E-state index contributed by atoms with van der Waals surface area (Å²) in [4.78, 5) is 25.9. The van der Waals surface area contributed by atoms with Gasteiger partial charge in [-0.15, -0.1) is 6.58 Å². The second kappa shape index (κ2) is 13.7. The summed E-state index contributed by atoms with van der Waals surface area (Å²) in [6, 6.07) is -0.473. The lowest BCUT2D eigenvalue weighted by Crippen LogP contribution is -2.42. The molecule has 1 unspecified atom stereocenters. The summed E-state index contributed by atoms with van der Waals surface area (Å²) in [5, 5.41) is 0. The van der Waals surface area contributed by atoms with Gasteiger partial charge in [-0.2, -0.15) is 0 Å². The number of ether oxygens (including phenoxy) is 2. The highest BCUT2D eigenvalue weighted by Gasteiger charge is 2.36. The number of unbranched alkanes of at least 4 members (excludes halogenated alkanes) is 7. The van der Waals surface area contributed by atoms with Crippen LogP contribution in [0.3, 0.4) is 0 Å². The summed E-state index contributed by atoms with van der Waals surface area (Å²) in [6.45, 7) is 9.11. The number of hydrogen-bond acceptors (Lipinski definition) is 4. The summed E-state index contributed by atoms with van der Waals surface area (Å²) >= 11 is 0. The molecule has 1 atom stereocenters. The molecular formula is C21H37NO4. The predicted octanol–water partition coefficient (Wildman–Crippen LogP) is 5.09. The smallest absolute Gasteiger partial charge is 0.410 e. The lowest BCUT2D eigenvalue weighted by molar-refractivity contribution is -0.148. The first-order valence-corrected chi connectivity index (χ1v) is 10.3. The number of likely N-dealkylation sites (tertiary alicyclic amines) is 1. The van der Waals surface area contributed by atoms with E-state index in [1.165, 1.54) is 37.0 Å². The fourth-order valence-corrected chi connectivity index (χ4v) is 3.09. The van der Waals surface area contributed by atoms with Crippen molar-refractivity contribution >= 4 is 12.1 Å². The topological polar surface area (TPSA) is 55.8 Å². The molecule has 0 aromatic heterocycles. The molecule has 1 aliphatic heterocycles.